The van der Waals surface area contributed by atoms with E-state index in [-0.39, 0.29) is 0 Å². The molecule has 3 nitrogen and oxygen atoms in total. The van der Waals surface area contributed by atoms with E-state index in [1.54, 1.807) is 11.3 Å². The standard InChI is InChI=1S/C13H15N3S/c1-9-2-3-10(6-14-9)13-16-8-12(17-13)7-15-11-4-5-11/h2-3,6,8,11,15H,4-5,7H2,1H3. The van der Waals surface area contributed by atoms with Gasteiger partial charge in [0.1, 0.15) is 5.01 Å². The van der Waals surface area contributed by atoms with Gasteiger partial charge in [-0.05, 0) is 31.9 Å². The summed E-state index contributed by atoms with van der Waals surface area (Å²) in [6.07, 6.45) is 6.52. The summed E-state index contributed by atoms with van der Waals surface area (Å²) in [6, 6.07) is 4.86. The van der Waals surface area contributed by atoms with Gasteiger partial charge in [-0.25, -0.2) is 4.98 Å². The molecule has 1 aliphatic rings. The molecule has 0 spiro atoms. The zero-order chi connectivity index (χ0) is 11.7. The second-order valence-corrected chi connectivity index (χ2v) is 5.59. The molecule has 1 aliphatic carbocycles. The quantitative estimate of drug-likeness (QED) is 0.900. The van der Waals surface area contributed by atoms with Gasteiger partial charge in [-0.2, -0.15) is 0 Å². The van der Waals surface area contributed by atoms with Crippen LogP contribution in [0.5, 0.6) is 0 Å². The number of thiazole rings is 1. The van der Waals surface area contributed by atoms with Gasteiger partial charge in [-0.1, -0.05) is 0 Å². The van der Waals surface area contributed by atoms with Gasteiger partial charge in [-0.15, -0.1) is 11.3 Å². The molecule has 0 radical (unpaired) electrons. The van der Waals surface area contributed by atoms with Crippen LogP contribution in [0.15, 0.2) is 24.5 Å². The third-order valence-corrected chi connectivity index (χ3v) is 3.90. The first kappa shape index (κ1) is 10.9. The zero-order valence-electron chi connectivity index (χ0n) is 9.81. The number of aryl methyl sites for hydroxylation is 1. The normalized spacial score (nSPS) is 15.1. The zero-order valence-corrected chi connectivity index (χ0v) is 10.6. The highest BCUT2D eigenvalue weighted by Crippen LogP contribution is 2.25. The minimum absolute atomic E-state index is 0.751. The summed E-state index contributed by atoms with van der Waals surface area (Å²) in [7, 11) is 0. The first-order chi connectivity index (χ1) is 8.31. The van der Waals surface area contributed by atoms with E-state index in [1.165, 1.54) is 17.7 Å². The molecule has 88 valence electrons. The van der Waals surface area contributed by atoms with Gasteiger partial charge in [0.15, 0.2) is 0 Å². The molecule has 0 aliphatic heterocycles. The molecule has 0 saturated heterocycles. The largest absolute Gasteiger partial charge is 0.309 e. The predicted molar refractivity (Wildman–Crippen MR) is 69.9 cm³/mol. The van der Waals surface area contributed by atoms with Gasteiger partial charge in [0.2, 0.25) is 0 Å². The third kappa shape index (κ3) is 2.70. The molecule has 1 N–H and O–H groups in total. The fourth-order valence-corrected chi connectivity index (χ4v) is 2.50. The topological polar surface area (TPSA) is 37.8 Å². The second kappa shape index (κ2) is 4.55. The Bertz CT molecular complexity index is 500. The summed E-state index contributed by atoms with van der Waals surface area (Å²) in [5, 5.41) is 4.56. The van der Waals surface area contributed by atoms with Crippen LogP contribution >= 0.6 is 11.3 Å². The molecule has 0 amide bonds. The molecular formula is C13H15N3S. The van der Waals surface area contributed by atoms with Crippen molar-refractivity contribution in [3.05, 3.63) is 35.1 Å². The van der Waals surface area contributed by atoms with Gasteiger partial charge in [-0.3, -0.25) is 4.98 Å². The van der Waals surface area contributed by atoms with Crippen LogP contribution in [0.3, 0.4) is 0 Å². The second-order valence-electron chi connectivity index (χ2n) is 4.48. The van der Waals surface area contributed by atoms with Crippen LogP contribution in [0.2, 0.25) is 0 Å². The Hall–Kier alpha value is -1.26. The Morgan fingerprint density at radius 3 is 2.88 bits per heavy atom. The van der Waals surface area contributed by atoms with Crippen molar-refractivity contribution in [3.63, 3.8) is 0 Å². The van der Waals surface area contributed by atoms with Gasteiger partial charge in [0.05, 0.1) is 0 Å². The Balaban J connectivity index is 1.72. The molecule has 17 heavy (non-hydrogen) atoms. The Kier molecular flexibility index (Phi) is 2.91. The molecule has 0 atom stereocenters. The maximum atomic E-state index is 4.45. The SMILES string of the molecule is Cc1ccc(-c2ncc(CNC3CC3)s2)cn1. The molecule has 1 fully saturated rings. The van der Waals surface area contributed by atoms with Crippen LogP contribution in [0.25, 0.3) is 10.6 Å². The fraction of sp³-hybridized carbons (Fsp3) is 0.385. The van der Waals surface area contributed by atoms with E-state index in [4.69, 9.17) is 0 Å². The van der Waals surface area contributed by atoms with Crippen molar-refractivity contribution >= 4 is 11.3 Å². The van der Waals surface area contributed by atoms with Crippen LogP contribution in [-0.4, -0.2) is 16.0 Å². The molecule has 2 aromatic rings. The molecule has 4 heteroatoms. The maximum Gasteiger partial charge on any atom is 0.125 e. The van der Waals surface area contributed by atoms with Crippen molar-refractivity contribution in [2.24, 2.45) is 0 Å². The minimum Gasteiger partial charge on any atom is -0.309 e. The highest BCUT2D eigenvalue weighted by Gasteiger charge is 2.20. The third-order valence-electron chi connectivity index (χ3n) is 2.85. The monoisotopic (exact) mass is 245 g/mol. The average Bonchev–Trinajstić information content (AvgIpc) is 3.06. The molecular weight excluding hydrogens is 230 g/mol. The molecule has 0 aromatic carbocycles. The van der Waals surface area contributed by atoms with Crippen molar-refractivity contribution in [3.8, 4) is 10.6 Å². The maximum absolute atomic E-state index is 4.45. The van der Waals surface area contributed by atoms with Gasteiger partial charge < -0.3 is 5.32 Å². The highest BCUT2D eigenvalue weighted by molar-refractivity contribution is 7.15. The van der Waals surface area contributed by atoms with E-state index in [9.17, 15) is 0 Å². The number of pyridine rings is 1. The van der Waals surface area contributed by atoms with E-state index in [2.05, 4.69) is 21.4 Å². The van der Waals surface area contributed by atoms with Crippen molar-refractivity contribution in [2.45, 2.75) is 32.4 Å². The average molecular weight is 245 g/mol. The first-order valence-electron chi connectivity index (χ1n) is 5.92. The number of nitrogens with zero attached hydrogens (tertiary/aromatic N) is 2. The number of aromatic nitrogens is 2. The highest BCUT2D eigenvalue weighted by atomic mass is 32.1. The summed E-state index contributed by atoms with van der Waals surface area (Å²) in [5.74, 6) is 0. The summed E-state index contributed by atoms with van der Waals surface area (Å²) >= 11 is 1.75. The molecule has 2 aromatic heterocycles. The van der Waals surface area contributed by atoms with Crippen molar-refractivity contribution < 1.29 is 0 Å². The summed E-state index contributed by atoms with van der Waals surface area (Å²) in [5.41, 5.74) is 2.15. The first-order valence-corrected chi connectivity index (χ1v) is 6.74. The van der Waals surface area contributed by atoms with Crippen molar-refractivity contribution in [1.82, 2.24) is 15.3 Å². The molecule has 0 bridgehead atoms. The van der Waals surface area contributed by atoms with Gasteiger partial charge in [0.25, 0.3) is 0 Å². The van der Waals surface area contributed by atoms with Crippen LogP contribution in [0.4, 0.5) is 0 Å². The van der Waals surface area contributed by atoms with Crippen LogP contribution in [-0.2, 0) is 6.54 Å². The van der Waals surface area contributed by atoms with Crippen LogP contribution < -0.4 is 5.32 Å². The smallest absolute Gasteiger partial charge is 0.125 e. The molecule has 2 heterocycles. The van der Waals surface area contributed by atoms with Crippen LogP contribution in [0.1, 0.15) is 23.4 Å². The summed E-state index contributed by atoms with van der Waals surface area (Å²) < 4.78 is 0. The summed E-state index contributed by atoms with van der Waals surface area (Å²) in [4.78, 5) is 10.1. The van der Waals surface area contributed by atoms with Gasteiger partial charge in [0, 0.05) is 41.1 Å². The lowest BCUT2D eigenvalue weighted by Crippen LogP contribution is -2.14. The van der Waals surface area contributed by atoms with Crippen molar-refractivity contribution in [2.75, 3.05) is 0 Å². The number of hydrogen-bond acceptors (Lipinski definition) is 4. The molecule has 0 unspecified atom stereocenters. The molecule has 3 rings (SSSR count). The summed E-state index contributed by atoms with van der Waals surface area (Å²) in [6.45, 7) is 2.94. The number of nitrogens with one attached hydrogen (secondary N) is 1. The van der Waals surface area contributed by atoms with E-state index in [0.29, 0.717) is 0 Å². The van der Waals surface area contributed by atoms with E-state index >= 15 is 0 Å². The van der Waals surface area contributed by atoms with Crippen LogP contribution in [0, 0.1) is 6.92 Å². The van der Waals surface area contributed by atoms with Crippen molar-refractivity contribution in [1.29, 1.82) is 0 Å². The van der Waals surface area contributed by atoms with E-state index in [1.807, 2.05) is 25.4 Å². The van der Waals surface area contributed by atoms with Gasteiger partial charge >= 0.3 is 0 Å². The minimum atomic E-state index is 0.751. The Labute approximate surface area is 105 Å². The fourth-order valence-electron chi connectivity index (χ4n) is 1.65. The van der Waals surface area contributed by atoms with E-state index in [0.717, 1.165) is 28.9 Å². The number of hydrogen-bond donors (Lipinski definition) is 1. The Morgan fingerprint density at radius 2 is 2.18 bits per heavy atom. The lowest BCUT2D eigenvalue weighted by atomic mass is 10.3. The predicted octanol–water partition coefficient (Wildman–Crippen LogP) is 2.77. The Morgan fingerprint density at radius 1 is 1.29 bits per heavy atom. The molecule has 1 saturated carbocycles. The number of rotatable bonds is 4. The lowest BCUT2D eigenvalue weighted by Gasteiger charge is -1.98. The van der Waals surface area contributed by atoms with E-state index < -0.39 is 0 Å². The lowest BCUT2D eigenvalue weighted by molar-refractivity contribution is 0.694.